The Kier molecular flexibility index (Phi) is 8.30. The molecule has 0 aromatic heterocycles. The van der Waals surface area contributed by atoms with Gasteiger partial charge in [0.05, 0.1) is 0 Å². The molecule has 0 saturated heterocycles. The highest BCUT2D eigenvalue weighted by Crippen LogP contribution is 2.37. The molecular weight excluding hydrogens is 362 g/mol. The third-order valence-electron chi connectivity index (χ3n) is 5.46. The van der Waals surface area contributed by atoms with E-state index in [1.165, 1.54) is 10.4 Å². The van der Waals surface area contributed by atoms with E-state index in [2.05, 4.69) is 98.4 Å². The lowest BCUT2D eigenvalue weighted by Gasteiger charge is -2.43. The van der Waals surface area contributed by atoms with Crippen LogP contribution in [0.2, 0.25) is 5.04 Å². The zero-order chi connectivity index (χ0) is 20.5. The van der Waals surface area contributed by atoms with Crippen LogP contribution in [0.25, 0.3) is 10.4 Å². The zero-order valence-electron chi connectivity index (χ0n) is 17.6. The van der Waals surface area contributed by atoms with E-state index < -0.39 is 8.32 Å². The van der Waals surface area contributed by atoms with Crippen LogP contribution in [0.5, 0.6) is 0 Å². The molecule has 4 nitrogen and oxygen atoms in total. The summed E-state index contributed by atoms with van der Waals surface area (Å²) < 4.78 is 7.01. The molecule has 2 aromatic rings. The molecule has 5 heteroatoms. The molecule has 2 aromatic carbocycles. The molecule has 0 amide bonds. The maximum Gasteiger partial charge on any atom is 0.261 e. The van der Waals surface area contributed by atoms with Gasteiger partial charge in [0.15, 0.2) is 0 Å². The maximum atomic E-state index is 8.48. The highest BCUT2D eigenvalue weighted by molar-refractivity contribution is 6.99. The van der Waals surface area contributed by atoms with Crippen molar-refractivity contribution in [2.45, 2.75) is 52.0 Å². The Bertz CT molecular complexity index is 713. The van der Waals surface area contributed by atoms with Gasteiger partial charge in [-0.25, -0.2) is 0 Å². The number of nitrogens with zero attached hydrogens (tertiary/aromatic N) is 3. The molecule has 0 fully saturated rings. The van der Waals surface area contributed by atoms with E-state index in [4.69, 9.17) is 9.96 Å². The molecule has 0 heterocycles. The van der Waals surface area contributed by atoms with E-state index >= 15 is 0 Å². The van der Waals surface area contributed by atoms with Gasteiger partial charge in [-0.3, -0.25) is 0 Å². The van der Waals surface area contributed by atoms with Crippen molar-refractivity contribution in [1.82, 2.24) is 0 Å². The summed E-state index contributed by atoms with van der Waals surface area (Å²) >= 11 is 0. The standard InChI is InChI=1S/C23H33N3OSi/c1-5-20(13-12-18-25-26-24)19-27-28(23(2,3)4,21-14-8-6-9-15-21)22-16-10-7-11-17-22/h6-11,14-17,20H,5,12-13,18-19H2,1-4H3/t20-/m1/s1. The first kappa shape index (κ1) is 22.2. The first-order valence-corrected chi connectivity index (χ1v) is 12.1. The highest BCUT2D eigenvalue weighted by atomic mass is 28.4. The Hall–Kier alpha value is -2.07. The predicted molar refractivity (Wildman–Crippen MR) is 121 cm³/mol. The van der Waals surface area contributed by atoms with Crippen molar-refractivity contribution < 1.29 is 4.43 Å². The number of hydrogen-bond acceptors (Lipinski definition) is 2. The summed E-state index contributed by atoms with van der Waals surface area (Å²) in [5, 5.41) is 6.30. The van der Waals surface area contributed by atoms with Gasteiger partial charge in [0.25, 0.3) is 8.32 Å². The number of hydrogen-bond donors (Lipinski definition) is 0. The largest absolute Gasteiger partial charge is 0.407 e. The number of rotatable bonds is 10. The highest BCUT2D eigenvalue weighted by Gasteiger charge is 2.50. The quantitative estimate of drug-likeness (QED) is 0.168. The van der Waals surface area contributed by atoms with Gasteiger partial charge in [-0.2, -0.15) is 0 Å². The van der Waals surface area contributed by atoms with E-state index in [0.29, 0.717) is 12.5 Å². The molecule has 150 valence electrons. The Labute approximate surface area is 170 Å². The first-order valence-electron chi connectivity index (χ1n) is 10.2. The van der Waals surface area contributed by atoms with Crippen LogP contribution in [0.1, 0.15) is 47.0 Å². The number of azide groups is 1. The van der Waals surface area contributed by atoms with E-state index in [-0.39, 0.29) is 5.04 Å². The van der Waals surface area contributed by atoms with Crippen molar-refractivity contribution in [3.63, 3.8) is 0 Å². The van der Waals surface area contributed by atoms with E-state index in [1.807, 2.05) is 0 Å². The van der Waals surface area contributed by atoms with Crippen molar-refractivity contribution in [2.75, 3.05) is 13.2 Å². The van der Waals surface area contributed by atoms with Crippen molar-refractivity contribution in [3.05, 3.63) is 71.1 Å². The summed E-state index contributed by atoms with van der Waals surface area (Å²) in [6.45, 7) is 10.4. The van der Waals surface area contributed by atoms with E-state index in [0.717, 1.165) is 25.9 Å². The molecule has 0 bridgehead atoms. The lowest BCUT2D eigenvalue weighted by molar-refractivity contribution is 0.221. The van der Waals surface area contributed by atoms with Gasteiger partial charge < -0.3 is 4.43 Å². The molecule has 0 N–H and O–H groups in total. The van der Waals surface area contributed by atoms with Crippen LogP contribution in [-0.4, -0.2) is 21.5 Å². The topological polar surface area (TPSA) is 58.0 Å². The molecule has 0 unspecified atom stereocenters. The average Bonchev–Trinajstić information content (AvgIpc) is 2.70. The summed E-state index contributed by atoms with van der Waals surface area (Å²) in [6, 6.07) is 21.5. The fourth-order valence-corrected chi connectivity index (χ4v) is 8.55. The average molecular weight is 396 g/mol. The second-order valence-corrected chi connectivity index (χ2v) is 12.7. The van der Waals surface area contributed by atoms with Crippen LogP contribution < -0.4 is 10.4 Å². The third-order valence-corrected chi connectivity index (χ3v) is 10.5. The summed E-state index contributed by atoms with van der Waals surface area (Å²) in [7, 11) is -2.46. The molecule has 1 atom stereocenters. The normalized spacial score (nSPS) is 13.0. The predicted octanol–water partition coefficient (Wildman–Crippen LogP) is 5.68. The van der Waals surface area contributed by atoms with Crippen LogP contribution in [0, 0.1) is 5.92 Å². The van der Waals surface area contributed by atoms with E-state index in [1.54, 1.807) is 0 Å². The fraction of sp³-hybridized carbons (Fsp3) is 0.478. The summed E-state index contributed by atoms with van der Waals surface area (Å²) in [5.41, 5.74) is 8.48. The Balaban J connectivity index is 2.37. The van der Waals surface area contributed by atoms with Gasteiger partial charge in [-0.15, -0.1) is 0 Å². The Morgan fingerprint density at radius 2 is 1.54 bits per heavy atom. The minimum absolute atomic E-state index is 0.000893. The first-order chi connectivity index (χ1) is 13.5. The van der Waals surface area contributed by atoms with Gasteiger partial charge in [0.2, 0.25) is 0 Å². The van der Waals surface area contributed by atoms with Gasteiger partial charge in [0, 0.05) is 18.1 Å². The van der Waals surface area contributed by atoms with Gasteiger partial charge in [-0.05, 0) is 39.7 Å². The molecule has 0 aliphatic heterocycles. The zero-order valence-corrected chi connectivity index (χ0v) is 18.6. The molecule has 0 aliphatic rings. The SMILES string of the molecule is CC[C@H](CCCN=[N+]=[N-])CO[Si](c1ccccc1)(c1ccccc1)C(C)(C)C. The van der Waals surface area contributed by atoms with E-state index in [9.17, 15) is 0 Å². The fourth-order valence-electron chi connectivity index (χ4n) is 3.91. The van der Waals surface area contributed by atoms with Crippen LogP contribution in [-0.2, 0) is 4.43 Å². The molecular formula is C23H33N3OSi. The van der Waals surface area contributed by atoms with Crippen LogP contribution in [0.15, 0.2) is 65.8 Å². The Morgan fingerprint density at radius 3 is 1.96 bits per heavy atom. The van der Waals surface area contributed by atoms with Crippen LogP contribution in [0.4, 0.5) is 0 Å². The molecule has 0 radical (unpaired) electrons. The molecule has 0 spiro atoms. The van der Waals surface area contributed by atoms with Crippen molar-refractivity contribution in [2.24, 2.45) is 11.0 Å². The van der Waals surface area contributed by atoms with Crippen molar-refractivity contribution >= 4 is 18.7 Å². The minimum Gasteiger partial charge on any atom is -0.407 e. The lowest BCUT2D eigenvalue weighted by Crippen LogP contribution is -2.66. The van der Waals surface area contributed by atoms with Gasteiger partial charge >= 0.3 is 0 Å². The molecule has 0 aliphatic carbocycles. The summed E-state index contributed by atoms with van der Waals surface area (Å²) in [6.07, 6.45) is 2.99. The van der Waals surface area contributed by atoms with Crippen molar-refractivity contribution in [3.8, 4) is 0 Å². The van der Waals surface area contributed by atoms with Crippen LogP contribution in [0.3, 0.4) is 0 Å². The van der Waals surface area contributed by atoms with Gasteiger partial charge in [-0.1, -0.05) is 99.9 Å². The number of benzene rings is 2. The summed E-state index contributed by atoms with van der Waals surface area (Å²) in [4.78, 5) is 2.86. The smallest absolute Gasteiger partial charge is 0.261 e. The maximum absolute atomic E-state index is 8.48. The lowest BCUT2D eigenvalue weighted by atomic mass is 10.0. The second kappa shape index (κ2) is 10.5. The summed E-state index contributed by atoms with van der Waals surface area (Å²) in [5.74, 6) is 0.468. The monoisotopic (exact) mass is 395 g/mol. The second-order valence-electron chi connectivity index (χ2n) is 8.35. The third kappa shape index (κ3) is 5.25. The molecule has 2 rings (SSSR count). The van der Waals surface area contributed by atoms with Gasteiger partial charge in [0.1, 0.15) is 0 Å². The van der Waals surface area contributed by atoms with Crippen LogP contribution >= 0.6 is 0 Å². The Morgan fingerprint density at radius 1 is 1.00 bits per heavy atom. The van der Waals surface area contributed by atoms with Crippen molar-refractivity contribution in [1.29, 1.82) is 0 Å². The molecule has 0 saturated carbocycles. The molecule has 28 heavy (non-hydrogen) atoms. The minimum atomic E-state index is -2.46.